The van der Waals surface area contributed by atoms with E-state index in [1.807, 2.05) is 50.2 Å². The van der Waals surface area contributed by atoms with E-state index >= 15 is 0 Å². The molecule has 7 nitrogen and oxygen atoms in total. The number of likely N-dealkylation sites (tertiary alicyclic amines) is 1. The van der Waals surface area contributed by atoms with Crippen molar-refractivity contribution >= 4 is 17.4 Å². The van der Waals surface area contributed by atoms with Crippen molar-refractivity contribution in [1.29, 1.82) is 0 Å². The second-order valence-corrected chi connectivity index (χ2v) is 7.86. The van der Waals surface area contributed by atoms with Gasteiger partial charge in [0.1, 0.15) is 17.3 Å². The molecule has 3 rings (SSSR count). The van der Waals surface area contributed by atoms with Crippen molar-refractivity contribution in [3.63, 3.8) is 0 Å². The number of aliphatic hydroxyl groups excluding tert-OH is 1. The lowest BCUT2D eigenvalue weighted by molar-refractivity contribution is -0.139. The summed E-state index contributed by atoms with van der Waals surface area (Å²) in [6, 6.07) is 13.5. The first-order chi connectivity index (χ1) is 15.4. The van der Waals surface area contributed by atoms with E-state index in [-0.39, 0.29) is 11.3 Å². The van der Waals surface area contributed by atoms with Crippen LogP contribution >= 0.6 is 0 Å². The monoisotopic (exact) mass is 438 g/mol. The maximum Gasteiger partial charge on any atom is 0.295 e. The molecular weight excluding hydrogens is 408 g/mol. The first-order valence-electron chi connectivity index (χ1n) is 10.7. The van der Waals surface area contributed by atoms with Gasteiger partial charge in [-0.15, -0.1) is 0 Å². The maximum atomic E-state index is 13.1. The molecule has 1 fully saturated rings. The zero-order valence-corrected chi connectivity index (χ0v) is 19.0. The van der Waals surface area contributed by atoms with Crippen LogP contribution in [0.3, 0.4) is 0 Å². The fourth-order valence-corrected chi connectivity index (χ4v) is 3.94. The highest BCUT2D eigenvalue weighted by molar-refractivity contribution is 6.46. The number of aliphatic hydroxyl groups is 1. The number of hydrogen-bond donors (Lipinski definition) is 1. The molecule has 1 atom stereocenters. The van der Waals surface area contributed by atoms with Crippen LogP contribution in [0.4, 0.5) is 0 Å². The molecule has 0 bridgehead atoms. The topological polar surface area (TPSA) is 79.3 Å². The summed E-state index contributed by atoms with van der Waals surface area (Å²) < 4.78 is 11.0. The summed E-state index contributed by atoms with van der Waals surface area (Å²) in [7, 11) is 5.41. The summed E-state index contributed by atoms with van der Waals surface area (Å²) in [6.07, 6.45) is 0.691. The number of para-hydroxylation sites is 1. The third-order valence-electron chi connectivity index (χ3n) is 5.39. The number of hydrogen-bond acceptors (Lipinski definition) is 6. The van der Waals surface area contributed by atoms with Crippen LogP contribution in [-0.4, -0.2) is 67.5 Å². The van der Waals surface area contributed by atoms with E-state index < -0.39 is 17.7 Å². The van der Waals surface area contributed by atoms with E-state index in [0.29, 0.717) is 42.2 Å². The molecule has 1 N–H and O–H groups in total. The molecule has 0 radical (unpaired) electrons. The number of ketones is 1. The molecule has 170 valence electrons. The molecule has 32 heavy (non-hydrogen) atoms. The number of ether oxygens (including phenoxy) is 2. The largest absolute Gasteiger partial charge is 0.507 e. The van der Waals surface area contributed by atoms with Gasteiger partial charge < -0.3 is 24.4 Å². The maximum absolute atomic E-state index is 13.1. The van der Waals surface area contributed by atoms with Crippen LogP contribution in [0, 0.1) is 0 Å². The Bertz CT molecular complexity index is 1010. The van der Waals surface area contributed by atoms with Gasteiger partial charge in [0.2, 0.25) is 0 Å². The van der Waals surface area contributed by atoms with E-state index in [1.165, 1.54) is 12.0 Å². The first-order valence-corrected chi connectivity index (χ1v) is 10.7. The Morgan fingerprint density at radius 1 is 1.12 bits per heavy atom. The number of methoxy groups -OCH3 is 1. The zero-order chi connectivity index (χ0) is 23.3. The van der Waals surface area contributed by atoms with Gasteiger partial charge >= 0.3 is 0 Å². The second-order valence-electron chi connectivity index (χ2n) is 7.86. The average molecular weight is 439 g/mol. The molecule has 1 aliphatic heterocycles. The Kier molecular flexibility index (Phi) is 7.53. The second kappa shape index (κ2) is 10.3. The molecule has 1 heterocycles. The number of rotatable bonds is 9. The van der Waals surface area contributed by atoms with Crippen LogP contribution in [0.2, 0.25) is 0 Å². The number of carbonyl (C=O) groups is 2. The van der Waals surface area contributed by atoms with Crippen molar-refractivity contribution in [2.75, 3.05) is 40.9 Å². The van der Waals surface area contributed by atoms with Crippen molar-refractivity contribution in [3.8, 4) is 11.5 Å². The molecule has 1 aliphatic rings. The van der Waals surface area contributed by atoms with Gasteiger partial charge in [0.15, 0.2) is 0 Å². The minimum absolute atomic E-state index is 0.0537. The molecule has 1 saturated heterocycles. The van der Waals surface area contributed by atoms with E-state index in [1.54, 1.807) is 24.3 Å². The van der Waals surface area contributed by atoms with Gasteiger partial charge in [0.05, 0.1) is 30.9 Å². The molecule has 2 aromatic rings. The lowest BCUT2D eigenvalue weighted by Crippen LogP contribution is -2.32. The SMILES string of the molecule is CCOc1cccc(C2/C(=C(\O)c3ccccc3OC)C(=O)C(=O)N2CCCN(C)C)c1. The Morgan fingerprint density at radius 3 is 2.56 bits per heavy atom. The quantitative estimate of drug-likeness (QED) is 0.367. The van der Waals surface area contributed by atoms with E-state index in [0.717, 1.165) is 6.54 Å². The highest BCUT2D eigenvalue weighted by Gasteiger charge is 2.46. The van der Waals surface area contributed by atoms with Gasteiger partial charge in [0.25, 0.3) is 11.7 Å². The van der Waals surface area contributed by atoms with Crippen molar-refractivity contribution in [2.24, 2.45) is 0 Å². The Labute approximate surface area is 188 Å². The molecule has 0 saturated carbocycles. The predicted octanol–water partition coefficient (Wildman–Crippen LogP) is 3.47. The summed E-state index contributed by atoms with van der Waals surface area (Å²) in [5, 5.41) is 11.2. The summed E-state index contributed by atoms with van der Waals surface area (Å²) in [5.74, 6) is -0.508. The summed E-state index contributed by atoms with van der Waals surface area (Å²) >= 11 is 0. The lowest BCUT2D eigenvalue weighted by Gasteiger charge is -2.26. The molecule has 1 amide bonds. The summed E-state index contributed by atoms with van der Waals surface area (Å²) in [5.41, 5.74) is 1.13. The normalized spacial score (nSPS) is 17.8. The standard InChI is InChI=1S/C25H30N2O5/c1-5-32-18-11-8-10-17(16-18)22-21(23(28)19-12-6-7-13-20(19)31-4)24(29)25(30)27(22)15-9-14-26(2)3/h6-8,10-13,16,22,28H,5,9,14-15H2,1-4H3/b23-21+. The van der Waals surface area contributed by atoms with Crippen LogP contribution in [0.5, 0.6) is 11.5 Å². The number of Topliss-reactive ketones (excluding diaryl/α,β-unsaturated/α-hetero) is 1. The van der Waals surface area contributed by atoms with Crippen molar-refractivity contribution in [2.45, 2.75) is 19.4 Å². The number of nitrogens with zero attached hydrogens (tertiary/aromatic N) is 2. The number of benzene rings is 2. The number of amides is 1. The Balaban J connectivity index is 2.14. The minimum atomic E-state index is -0.720. The van der Waals surface area contributed by atoms with Gasteiger partial charge in [-0.05, 0) is 63.8 Å². The van der Waals surface area contributed by atoms with Crippen LogP contribution in [0.25, 0.3) is 5.76 Å². The predicted molar refractivity (Wildman–Crippen MR) is 123 cm³/mol. The van der Waals surface area contributed by atoms with Crippen LogP contribution in [-0.2, 0) is 9.59 Å². The van der Waals surface area contributed by atoms with Gasteiger partial charge in [-0.1, -0.05) is 24.3 Å². The third kappa shape index (κ3) is 4.78. The van der Waals surface area contributed by atoms with Crippen molar-refractivity contribution < 1.29 is 24.2 Å². The van der Waals surface area contributed by atoms with Crippen LogP contribution in [0.15, 0.2) is 54.1 Å². The highest BCUT2D eigenvalue weighted by Crippen LogP contribution is 2.41. The van der Waals surface area contributed by atoms with Gasteiger partial charge in [-0.2, -0.15) is 0 Å². The minimum Gasteiger partial charge on any atom is -0.507 e. The fraction of sp³-hybridized carbons (Fsp3) is 0.360. The molecule has 1 unspecified atom stereocenters. The average Bonchev–Trinajstić information content (AvgIpc) is 3.04. The molecule has 0 aromatic heterocycles. The third-order valence-corrected chi connectivity index (χ3v) is 5.39. The Morgan fingerprint density at radius 2 is 1.88 bits per heavy atom. The van der Waals surface area contributed by atoms with E-state index in [2.05, 4.69) is 0 Å². The van der Waals surface area contributed by atoms with Crippen molar-refractivity contribution in [3.05, 3.63) is 65.2 Å². The van der Waals surface area contributed by atoms with Gasteiger partial charge in [-0.25, -0.2) is 0 Å². The molecule has 0 spiro atoms. The molecular formula is C25H30N2O5. The van der Waals surface area contributed by atoms with Crippen LogP contribution in [0.1, 0.15) is 30.5 Å². The number of carbonyl (C=O) groups excluding carboxylic acids is 2. The molecule has 2 aromatic carbocycles. The molecule has 7 heteroatoms. The fourth-order valence-electron chi connectivity index (χ4n) is 3.94. The summed E-state index contributed by atoms with van der Waals surface area (Å²) in [4.78, 5) is 29.7. The lowest BCUT2D eigenvalue weighted by atomic mass is 9.94. The van der Waals surface area contributed by atoms with Crippen molar-refractivity contribution in [1.82, 2.24) is 9.80 Å². The van der Waals surface area contributed by atoms with Crippen LogP contribution < -0.4 is 9.47 Å². The van der Waals surface area contributed by atoms with E-state index in [4.69, 9.17) is 9.47 Å². The highest BCUT2D eigenvalue weighted by atomic mass is 16.5. The van der Waals surface area contributed by atoms with E-state index in [9.17, 15) is 14.7 Å². The Hall–Kier alpha value is -3.32. The zero-order valence-electron chi connectivity index (χ0n) is 19.0. The van der Waals surface area contributed by atoms with Gasteiger partial charge in [-0.3, -0.25) is 9.59 Å². The summed E-state index contributed by atoms with van der Waals surface area (Å²) in [6.45, 7) is 3.53. The smallest absolute Gasteiger partial charge is 0.295 e. The van der Waals surface area contributed by atoms with Gasteiger partial charge in [0, 0.05) is 6.54 Å². The molecule has 0 aliphatic carbocycles. The first kappa shape index (κ1) is 23.3.